The van der Waals surface area contributed by atoms with Gasteiger partial charge in [-0.05, 0) is 23.8 Å². The molecular formula is C13H10Cl2O. The molecule has 1 unspecified atom stereocenters. The summed E-state index contributed by atoms with van der Waals surface area (Å²) in [5.41, 5.74) is 1.42. The molecule has 2 aromatic rings. The minimum Gasteiger partial charge on any atom is -0.384 e. The van der Waals surface area contributed by atoms with Gasteiger partial charge in [0.25, 0.3) is 0 Å². The second kappa shape index (κ2) is 4.88. The highest BCUT2D eigenvalue weighted by molar-refractivity contribution is 6.31. The topological polar surface area (TPSA) is 20.2 Å². The number of halogens is 2. The molecule has 0 spiro atoms. The summed E-state index contributed by atoms with van der Waals surface area (Å²) in [5.74, 6) is 0. The molecule has 0 aliphatic rings. The highest BCUT2D eigenvalue weighted by Gasteiger charge is 2.13. The number of aliphatic hydroxyl groups is 1. The number of hydrogen-bond acceptors (Lipinski definition) is 1. The Kier molecular flexibility index (Phi) is 3.49. The van der Waals surface area contributed by atoms with E-state index in [1.807, 2.05) is 18.2 Å². The van der Waals surface area contributed by atoms with Crippen LogP contribution in [0.2, 0.25) is 10.0 Å². The van der Waals surface area contributed by atoms with Crippen molar-refractivity contribution in [3.63, 3.8) is 0 Å². The standard InChI is InChI=1S/C13H10Cl2O/c14-10-5-3-4-9(8-10)13(16)11-6-1-2-7-12(11)15/h1-8,13,16H. The van der Waals surface area contributed by atoms with Crippen molar-refractivity contribution in [3.8, 4) is 0 Å². The second-order valence-corrected chi connectivity index (χ2v) is 4.32. The molecule has 1 nitrogen and oxygen atoms in total. The van der Waals surface area contributed by atoms with Crippen molar-refractivity contribution in [2.24, 2.45) is 0 Å². The summed E-state index contributed by atoms with van der Waals surface area (Å²) in [6.45, 7) is 0. The van der Waals surface area contributed by atoms with Gasteiger partial charge in [0.15, 0.2) is 0 Å². The summed E-state index contributed by atoms with van der Waals surface area (Å²) < 4.78 is 0. The first-order valence-corrected chi connectivity index (χ1v) is 5.62. The summed E-state index contributed by atoms with van der Waals surface area (Å²) in [6.07, 6.45) is -0.743. The molecule has 0 radical (unpaired) electrons. The Morgan fingerprint density at radius 1 is 0.938 bits per heavy atom. The lowest BCUT2D eigenvalue weighted by molar-refractivity contribution is 0.220. The van der Waals surface area contributed by atoms with Gasteiger partial charge in [0, 0.05) is 15.6 Å². The van der Waals surface area contributed by atoms with Crippen molar-refractivity contribution in [2.45, 2.75) is 6.10 Å². The van der Waals surface area contributed by atoms with Crippen molar-refractivity contribution in [3.05, 3.63) is 69.7 Å². The Morgan fingerprint density at radius 3 is 2.38 bits per heavy atom. The van der Waals surface area contributed by atoms with E-state index in [-0.39, 0.29) is 0 Å². The summed E-state index contributed by atoms with van der Waals surface area (Å²) in [5, 5.41) is 11.3. The van der Waals surface area contributed by atoms with Gasteiger partial charge in [-0.3, -0.25) is 0 Å². The van der Waals surface area contributed by atoms with Crippen LogP contribution in [-0.2, 0) is 0 Å². The van der Waals surface area contributed by atoms with Gasteiger partial charge in [0.1, 0.15) is 6.10 Å². The molecule has 2 rings (SSSR count). The maximum Gasteiger partial charge on any atom is 0.106 e. The Morgan fingerprint density at radius 2 is 1.69 bits per heavy atom. The molecule has 0 bridgehead atoms. The number of aliphatic hydroxyl groups excluding tert-OH is 1. The van der Waals surface area contributed by atoms with E-state index < -0.39 is 6.10 Å². The number of hydrogen-bond donors (Lipinski definition) is 1. The Labute approximate surface area is 104 Å². The van der Waals surface area contributed by atoms with Crippen molar-refractivity contribution in [2.75, 3.05) is 0 Å². The first kappa shape index (κ1) is 11.5. The molecule has 0 saturated heterocycles. The average molecular weight is 253 g/mol. The molecule has 0 heterocycles. The smallest absolute Gasteiger partial charge is 0.106 e. The molecular weight excluding hydrogens is 243 g/mol. The molecule has 2 aromatic carbocycles. The van der Waals surface area contributed by atoms with Gasteiger partial charge >= 0.3 is 0 Å². The van der Waals surface area contributed by atoms with Gasteiger partial charge < -0.3 is 5.11 Å². The quantitative estimate of drug-likeness (QED) is 0.855. The SMILES string of the molecule is OC(c1cccc(Cl)c1)c1ccccc1Cl. The molecule has 0 amide bonds. The monoisotopic (exact) mass is 252 g/mol. The van der Waals surface area contributed by atoms with Crippen LogP contribution in [-0.4, -0.2) is 5.11 Å². The predicted molar refractivity (Wildman–Crippen MR) is 67.0 cm³/mol. The molecule has 1 atom stereocenters. The maximum absolute atomic E-state index is 10.2. The highest BCUT2D eigenvalue weighted by atomic mass is 35.5. The van der Waals surface area contributed by atoms with Gasteiger partial charge in [-0.25, -0.2) is 0 Å². The van der Waals surface area contributed by atoms with Crippen molar-refractivity contribution in [1.82, 2.24) is 0 Å². The van der Waals surface area contributed by atoms with E-state index >= 15 is 0 Å². The normalized spacial score (nSPS) is 12.4. The number of benzene rings is 2. The van der Waals surface area contributed by atoms with E-state index in [1.165, 1.54) is 0 Å². The fraction of sp³-hybridized carbons (Fsp3) is 0.0769. The van der Waals surface area contributed by atoms with Crippen molar-refractivity contribution < 1.29 is 5.11 Å². The molecule has 16 heavy (non-hydrogen) atoms. The van der Waals surface area contributed by atoms with Crippen LogP contribution in [0.3, 0.4) is 0 Å². The van der Waals surface area contributed by atoms with Crippen LogP contribution < -0.4 is 0 Å². The van der Waals surface area contributed by atoms with E-state index in [0.717, 1.165) is 5.56 Å². The zero-order chi connectivity index (χ0) is 11.5. The Bertz CT molecular complexity index is 497. The highest BCUT2D eigenvalue weighted by Crippen LogP contribution is 2.28. The van der Waals surface area contributed by atoms with Crippen LogP contribution in [0.1, 0.15) is 17.2 Å². The van der Waals surface area contributed by atoms with Crippen LogP contribution >= 0.6 is 23.2 Å². The third-order valence-electron chi connectivity index (χ3n) is 2.36. The van der Waals surface area contributed by atoms with Gasteiger partial charge in [-0.1, -0.05) is 53.5 Å². The molecule has 0 saturated carbocycles. The van der Waals surface area contributed by atoms with E-state index in [4.69, 9.17) is 23.2 Å². The van der Waals surface area contributed by atoms with E-state index in [9.17, 15) is 5.11 Å². The van der Waals surface area contributed by atoms with Crippen LogP contribution in [0, 0.1) is 0 Å². The van der Waals surface area contributed by atoms with Gasteiger partial charge in [-0.2, -0.15) is 0 Å². The summed E-state index contributed by atoms with van der Waals surface area (Å²) in [7, 11) is 0. The zero-order valence-electron chi connectivity index (χ0n) is 8.40. The first-order valence-electron chi connectivity index (χ1n) is 4.86. The largest absolute Gasteiger partial charge is 0.384 e. The minimum atomic E-state index is -0.743. The fourth-order valence-electron chi connectivity index (χ4n) is 1.55. The molecule has 0 aromatic heterocycles. The molecule has 0 fully saturated rings. The second-order valence-electron chi connectivity index (χ2n) is 3.48. The maximum atomic E-state index is 10.2. The zero-order valence-corrected chi connectivity index (χ0v) is 9.91. The van der Waals surface area contributed by atoms with Crippen LogP contribution in [0.5, 0.6) is 0 Å². The van der Waals surface area contributed by atoms with Gasteiger partial charge in [-0.15, -0.1) is 0 Å². The lowest BCUT2D eigenvalue weighted by Crippen LogP contribution is -2.00. The van der Waals surface area contributed by atoms with Crippen molar-refractivity contribution in [1.29, 1.82) is 0 Å². The first-order chi connectivity index (χ1) is 7.68. The van der Waals surface area contributed by atoms with Crippen LogP contribution in [0.25, 0.3) is 0 Å². The third kappa shape index (κ3) is 2.38. The molecule has 1 N–H and O–H groups in total. The summed E-state index contributed by atoms with van der Waals surface area (Å²) >= 11 is 11.9. The van der Waals surface area contributed by atoms with Crippen LogP contribution in [0.15, 0.2) is 48.5 Å². The summed E-state index contributed by atoms with van der Waals surface area (Å²) in [6, 6.07) is 14.3. The lowest BCUT2D eigenvalue weighted by Gasteiger charge is -2.13. The molecule has 0 aliphatic carbocycles. The van der Waals surface area contributed by atoms with E-state index in [2.05, 4.69) is 0 Å². The minimum absolute atomic E-state index is 0.551. The molecule has 3 heteroatoms. The van der Waals surface area contributed by atoms with E-state index in [1.54, 1.807) is 30.3 Å². The Hall–Kier alpha value is -1.02. The number of rotatable bonds is 2. The molecule has 82 valence electrons. The van der Waals surface area contributed by atoms with Crippen molar-refractivity contribution >= 4 is 23.2 Å². The van der Waals surface area contributed by atoms with Gasteiger partial charge in [0.05, 0.1) is 0 Å². The lowest BCUT2D eigenvalue weighted by atomic mass is 10.0. The fourth-order valence-corrected chi connectivity index (χ4v) is 1.99. The average Bonchev–Trinajstić information content (AvgIpc) is 2.29. The van der Waals surface area contributed by atoms with E-state index in [0.29, 0.717) is 15.6 Å². The third-order valence-corrected chi connectivity index (χ3v) is 2.94. The Balaban J connectivity index is 2.39. The predicted octanol–water partition coefficient (Wildman–Crippen LogP) is 4.08. The molecule has 0 aliphatic heterocycles. The summed E-state index contributed by atoms with van der Waals surface area (Å²) in [4.78, 5) is 0. The van der Waals surface area contributed by atoms with Gasteiger partial charge in [0.2, 0.25) is 0 Å². The van der Waals surface area contributed by atoms with Crippen LogP contribution in [0.4, 0.5) is 0 Å².